The summed E-state index contributed by atoms with van der Waals surface area (Å²) in [5.74, 6) is -3.67. The van der Waals surface area contributed by atoms with E-state index in [1.807, 2.05) is 0 Å². The van der Waals surface area contributed by atoms with Gasteiger partial charge in [0.25, 0.3) is 0 Å². The molecule has 0 unspecified atom stereocenters. The Morgan fingerprint density at radius 1 is 0.246 bits per heavy atom. The molecule has 378 valence electrons. The molecule has 65 heavy (non-hydrogen) atoms. The Hall–Kier alpha value is -2.47. The molecule has 0 fully saturated rings. The molecule has 0 aliphatic rings. The largest absolute Gasteiger partial charge is 4.00 e. The quantitative estimate of drug-likeness (QED) is 0.0331. The summed E-state index contributed by atoms with van der Waals surface area (Å²) < 4.78 is 0. The molecule has 9 heteroatoms. The Bertz CT molecular complexity index is 916. The zero-order chi connectivity index (χ0) is 48.3. The van der Waals surface area contributed by atoms with Gasteiger partial charge in [0.15, 0.2) is 0 Å². The predicted molar refractivity (Wildman–Crippen MR) is 264 cm³/mol. The van der Waals surface area contributed by atoms with Gasteiger partial charge in [0.2, 0.25) is 0 Å². The van der Waals surface area contributed by atoms with Gasteiger partial charge >= 0.3 is 21.1 Å². The van der Waals surface area contributed by atoms with E-state index in [0.717, 1.165) is 77.0 Å². The van der Waals surface area contributed by atoms with E-state index >= 15 is 0 Å². The van der Waals surface area contributed by atoms with Crippen LogP contribution in [0, 0.1) is 0 Å². The molecule has 0 aromatic carbocycles. The zero-order valence-corrected chi connectivity index (χ0v) is 44.6. The maximum atomic E-state index is 10.1. The van der Waals surface area contributed by atoms with Gasteiger partial charge in [-0.05, 0) is 128 Å². The molecule has 0 heterocycles. The van der Waals surface area contributed by atoms with Crippen LogP contribution in [0.25, 0.3) is 0 Å². The Morgan fingerprint density at radius 3 is 0.538 bits per heavy atom. The van der Waals surface area contributed by atoms with Gasteiger partial charge in [-0.3, -0.25) is 0 Å². The van der Waals surface area contributed by atoms with Gasteiger partial charge in [-0.2, -0.15) is 0 Å². The van der Waals surface area contributed by atoms with Crippen molar-refractivity contribution in [2.45, 2.75) is 285 Å². The number of unbranched alkanes of at least 4 members (excludes halogenated alkanes) is 28. The summed E-state index contributed by atoms with van der Waals surface area (Å²) in [6, 6.07) is 0. The van der Waals surface area contributed by atoms with E-state index < -0.39 is 23.9 Å². The SMILES string of the molecule is CCCC/C=C\CCCCCCCC(=O)[O-].CCCC/C=C\CCCCCCCC(=O)[O-].CCCC/C=C\CCCCCCCC(=O)[O-].CCCC/C=C\CCCCCCCC(=O)[O-].[Mo+4]. The average Bonchev–Trinajstić information content (AvgIpc) is 3.26. The van der Waals surface area contributed by atoms with Crippen molar-refractivity contribution in [1.82, 2.24) is 0 Å². The van der Waals surface area contributed by atoms with Crippen LogP contribution in [0.3, 0.4) is 0 Å². The molecule has 0 amide bonds. The number of carboxylic acid groups (broad SMARTS) is 4. The molecule has 0 aliphatic heterocycles. The summed E-state index contributed by atoms with van der Waals surface area (Å²) in [4.78, 5) is 40.6. The van der Waals surface area contributed by atoms with Crippen molar-refractivity contribution in [2.75, 3.05) is 0 Å². The molecule has 0 spiro atoms. The van der Waals surface area contributed by atoms with E-state index in [4.69, 9.17) is 0 Å². The first kappa shape index (κ1) is 71.5. The van der Waals surface area contributed by atoms with Gasteiger partial charge in [-0.15, -0.1) is 0 Å². The molecule has 0 bridgehead atoms. The number of carbonyl (C=O) groups excluding carboxylic acids is 4. The third kappa shape index (κ3) is 88.9. The van der Waals surface area contributed by atoms with E-state index in [0.29, 0.717) is 0 Å². The number of allylic oxidation sites excluding steroid dienone is 8. The normalized spacial score (nSPS) is 10.9. The second-order valence-electron chi connectivity index (χ2n) is 17.2. The van der Waals surface area contributed by atoms with Crippen molar-refractivity contribution in [2.24, 2.45) is 0 Å². The van der Waals surface area contributed by atoms with Gasteiger partial charge in [-0.1, -0.05) is 205 Å². The molecule has 0 rings (SSSR count). The van der Waals surface area contributed by atoms with Gasteiger partial charge in [0.1, 0.15) is 0 Å². The van der Waals surface area contributed by atoms with Crippen molar-refractivity contribution in [3.63, 3.8) is 0 Å². The summed E-state index contributed by atoms with van der Waals surface area (Å²) in [6.45, 7) is 8.84. The predicted octanol–water partition coefficient (Wildman–Crippen LogP) is 12.9. The minimum atomic E-state index is -0.918. The molecule has 0 aliphatic carbocycles. The molecular formula is C56H100MoO8. The van der Waals surface area contributed by atoms with Crippen molar-refractivity contribution in [1.29, 1.82) is 0 Å². The van der Waals surface area contributed by atoms with Crippen LogP contribution in [0.2, 0.25) is 0 Å². The Labute approximate surface area is 415 Å². The first-order valence-electron chi connectivity index (χ1n) is 26.5. The maximum absolute atomic E-state index is 10.1. The first-order chi connectivity index (χ1) is 31.1. The van der Waals surface area contributed by atoms with Crippen LogP contribution in [0.15, 0.2) is 48.6 Å². The summed E-state index contributed by atoms with van der Waals surface area (Å²) >= 11 is 0. The number of aliphatic carboxylic acids is 4. The molecular weight excluding hydrogens is 897 g/mol. The topological polar surface area (TPSA) is 161 Å². The standard InChI is InChI=1S/4C14H26O2.Mo/c4*1-2-3-4-5-6-7-8-9-10-11-12-13-14(15)16;/h4*5-6H,2-4,7-13H2,1H3,(H,15,16);/q;;;;+4/p-4/b4*6-5-;. The Kier molecular flexibility index (Phi) is 75.0. The summed E-state index contributed by atoms with van der Waals surface area (Å²) in [5.41, 5.74) is 0. The summed E-state index contributed by atoms with van der Waals surface area (Å²) in [7, 11) is 0. The minimum absolute atomic E-state index is 0. The second-order valence-corrected chi connectivity index (χ2v) is 17.2. The summed E-state index contributed by atoms with van der Waals surface area (Å²) in [6.07, 6.45) is 60.4. The molecule has 0 aromatic heterocycles. The fourth-order valence-corrected chi connectivity index (χ4v) is 6.48. The van der Waals surface area contributed by atoms with E-state index in [1.54, 1.807) is 0 Å². The van der Waals surface area contributed by atoms with E-state index in [1.165, 1.54) is 154 Å². The monoisotopic (exact) mass is 999 g/mol. The molecule has 0 saturated heterocycles. The third-order valence-electron chi connectivity index (χ3n) is 10.6. The van der Waals surface area contributed by atoms with Crippen molar-refractivity contribution in [3.8, 4) is 0 Å². The van der Waals surface area contributed by atoms with Gasteiger partial charge in [0.05, 0.1) is 0 Å². The molecule has 0 atom stereocenters. The fourth-order valence-electron chi connectivity index (χ4n) is 6.48. The van der Waals surface area contributed by atoms with Crippen molar-refractivity contribution < 1.29 is 60.7 Å². The molecule has 8 nitrogen and oxygen atoms in total. The molecule has 0 aromatic rings. The maximum Gasteiger partial charge on any atom is 4.00 e. The minimum Gasteiger partial charge on any atom is -0.550 e. The van der Waals surface area contributed by atoms with Crippen LogP contribution in [-0.4, -0.2) is 23.9 Å². The number of rotatable bonds is 44. The molecule has 0 radical (unpaired) electrons. The Balaban J connectivity index is -0.000000245. The van der Waals surface area contributed by atoms with Crippen LogP contribution >= 0.6 is 0 Å². The van der Waals surface area contributed by atoms with E-state index in [2.05, 4.69) is 76.3 Å². The number of carboxylic acids is 4. The van der Waals surface area contributed by atoms with Gasteiger partial charge in [0, 0.05) is 23.9 Å². The van der Waals surface area contributed by atoms with Crippen LogP contribution in [-0.2, 0) is 40.2 Å². The Morgan fingerprint density at radius 2 is 0.385 bits per heavy atom. The number of carbonyl (C=O) groups is 4. The van der Waals surface area contributed by atoms with Crippen LogP contribution in [0.1, 0.15) is 285 Å². The van der Waals surface area contributed by atoms with Gasteiger partial charge < -0.3 is 39.6 Å². The average molecular weight is 997 g/mol. The summed E-state index contributed by atoms with van der Waals surface area (Å²) in [5, 5.41) is 40.6. The zero-order valence-electron chi connectivity index (χ0n) is 42.6. The van der Waals surface area contributed by atoms with E-state index in [-0.39, 0.29) is 46.7 Å². The van der Waals surface area contributed by atoms with Crippen LogP contribution in [0.5, 0.6) is 0 Å². The molecule has 0 N–H and O–H groups in total. The first-order valence-corrected chi connectivity index (χ1v) is 26.5. The van der Waals surface area contributed by atoms with Crippen LogP contribution in [0.4, 0.5) is 0 Å². The number of hydrogen-bond donors (Lipinski definition) is 0. The molecule has 0 saturated carbocycles. The van der Waals surface area contributed by atoms with Crippen LogP contribution < -0.4 is 20.4 Å². The fraction of sp³-hybridized carbons (Fsp3) is 0.786. The third-order valence-corrected chi connectivity index (χ3v) is 10.6. The van der Waals surface area contributed by atoms with Gasteiger partial charge in [-0.25, -0.2) is 0 Å². The van der Waals surface area contributed by atoms with Crippen molar-refractivity contribution in [3.05, 3.63) is 48.6 Å². The van der Waals surface area contributed by atoms with E-state index in [9.17, 15) is 39.6 Å². The van der Waals surface area contributed by atoms with Crippen molar-refractivity contribution >= 4 is 23.9 Å². The smallest absolute Gasteiger partial charge is 0.550 e. The second kappa shape index (κ2) is 68.1. The number of hydrogen-bond acceptors (Lipinski definition) is 8.